The molecule has 154 valence electrons. The van der Waals surface area contributed by atoms with Gasteiger partial charge in [-0.3, -0.25) is 0 Å². The fourth-order valence-electron chi connectivity index (χ4n) is 2.98. The van der Waals surface area contributed by atoms with Crippen LogP contribution in [0.5, 0.6) is 11.5 Å². The van der Waals surface area contributed by atoms with E-state index < -0.39 is 0 Å². The molecule has 0 aliphatic heterocycles. The smallest absolute Gasteiger partial charge is 0.120 e. The lowest BCUT2D eigenvalue weighted by Gasteiger charge is -2.15. The van der Waals surface area contributed by atoms with Gasteiger partial charge in [-0.05, 0) is 50.9 Å². The molecule has 0 radical (unpaired) electrons. The van der Waals surface area contributed by atoms with Gasteiger partial charge in [0.25, 0.3) is 0 Å². The molecule has 2 rings (SSSR count). The second-order valence-electron chi connectivity index (χ2n) is 7.07. The average molecular weight is 421 g/mol. The number of hydrogen-bond donors (Lipinski definition) is 6. The van der Waals surface area contributed by atoms with E-state index in [-0.39, 0.29) is 0 Å². The van der Waals surface area contributed by atoms with Gasteiger partial charge >= 0.3 is 0 Å². The van der Waals surface area contributed by atoms with Crippen molar-refractivity contribution in [2.24, 2.45) is 0 Å². The van der Waals surface area contributed by atoms with Crippen LogP contribution in [0.15, 0.2) is 48.5 Å². The van der Waals surface area contributed by atoms with Crippen LogP contribution in [-0.4, -0.2) is 33.8 Å². The molecule has 0 saturated carbocycles. The number of rotatable bonds is 13. The predicted molar refractivity (Wildman–Crippen MR) is 124 cm³/mol. The number of aromatic hydroxyl groups is 2. The van der Waals surface area contributed by atoms with Gasteiger partial charge in [0.1, 0.15) is 11.5 Å². The van der Waals surface area contributed by atoms with Crippen molar-refractivity contribution >= 4 is 25.3 Å². The van der Waals surface area contributed by atoms with Crippen LogP contribution in [0.3, 0.4) is 0 Å². The fraction of sp³-hybridized carbons (Fsp3) is 0.455. The molecule has 0 saturated heterocycles. The van der Waals surface area contributed by atoms with Crippen LogP contribution in [0, 0.1) is 0 Å². The topological polar surface area (TPSA) is 64.5 Å². The maximum absolute atomic E-state index is 9.75. The molecule has 0 fully saturated rings. The van der Waals surface area contributed by atoms with Gasteiger partial charge in [-0.2, -0.15) is 25.3 Å². The second kappa shape index (κ2) is 13.0. The van der Waals surface area contributed by atoms with Gasteiger partial charge < -0.3 is 20.8 Å². The Kier molecular flexibility index (Phi) is 10.6. The average Bonchev–Trinajstić information content (AvgIpc) is 2.69. The molecule has 28 heavy (non-hydrogen) atoms. The highest BCUT2D eigenvalue weighted by atomic mass is 32.1. The molecule has 2 aromatic rings. The van der Waals surface area contributed by atoms with Gasteiger partial charge in [-0.25, -0.2) is 0 Å². The number of nitrogens with one attached hydrogen (secondary N) is 2. The molecule has 2 atom stereocenters. The Morgan fingerprint density at radius 1 is 0.643 bits per heavy atom. The molecule has 0 spiro atoms. The highest BCUT2D eigenvalue weighted by Gasteiger charge is 2.09. The van der Waals surface area contributed by atoms with E-state index in [1.165, 1.54) is 0 Å². The highest BCUT2D eigenvalue weighted by Crippen LogP contribution is 2.18. The minimum absolute atomic E-state index is 0.339. The van der Waals surface area contributed by atoms with Crippen LogP contribution in [-0.2, 0) is 13.1 Å². The zero-order valence-electron chi connectivity index (χ0n) is 16.2. The van der Waals surface area contributed by atoms with E-state index in [0.29, 0.717) is 35.1 Å². The van der Waals surface area contributed by atoms with Gasteiger partial charge in [0.05, 0.1) is 0 Å². The molecule has 0 heterocycles. The first-order chi connectivity index (χ1) is 13.6. The minimum Gasteiger partial charge on any atom is -0.508 e. The lowest BCUT2D eigenvalue weighted by Crippen LogP contribution is -2.20. The van der Waals surface area contributed by atoms with Crippen LogP contribution in [0.4, 0.5) is 0 Å². The van der Waals surface area contributed by atoms with E-state index in [0.717, 1.165) is 49.9 Å². The summed E-state index contributed by atoms with van der Waals surface area (Å²) in [6.45, 7) is 3.10. The quantitative estimate of drug-likeness (QED) is 0.218. The molecular formula is C22H32N2O2S2. The van der Waals surface area contributed by atoms with Gasteiger partial charge in [-0.1, -0.05) is 36.4 Å². The molecule has 0 bridgehead atoms. The summed E-state index contributed by atoms with van der Waals surface area (Å²) in [7, 11) is 0. The molecule has 0 aliphatic rings. The minimum atomic E-state index is 0.339. The summed E-state index contributed by atoms with van der Waals surface area (Å²) in [5.41, 5.74) is 1.84. The second-order valence-corrected chi connectivity index (χ2v) is 8.53. The summed E-state index contributed by atoms with van der Waals surface area (Å²) in [5, 5.41) is 26.9. The van der Waals surface area contributed by atoms with Crippen LogP contribution < -0.4 is 10.6 Å². The number of phenols is 2. The lowest BCUT2D eigenvalue weighted by molar-refractivity contribution is 0.462. The maximum Gasteiger partial charge on any atom is 0.120 e. The Bertz CT molecular complexity index is 640. The molecule has 6 heteroatoms. The first kappa shape index (κ1) is 22.9. The molecule has 4 nitrogen and oxygen atoms in total. The number of thiol groups is 2. The van der Waals surface area contributed by atoms with Crippen molar-refractivity contribution in [1.82, 2.24) is 10.6 Å². The largest absolute Gasteiger partial charge is 0.508 e. The van der Waals surface area contributed by atoms with Crippen molar-refractivity contribution in [3.8, 4) is 11.5 Å². The number of para-hydroxylation sites is 2. The maximum atomic E-state index is 9.75. The van der Waals surface area contributed by atoms with Crippen LogP contribution >= 0.6 is 25.3 Å². The number of benzene rings is 2. The zero-order valence-corrected chi connectivity index (χ0v) is 18.0. The highest BCUT2D eigenvalue weighted by molar-refractivity contribution is 7.81. The monoisotopic (exact) mass is 420 g/mol. The normalized spacial score (nSPS) is 13.4. The summed E-state index contributed by atoms with van der Waals surface area (Å²) >= 11 is 9.37. The summed E-state index contributed by atoms with van der Waals surface area (Å²) < 4.78 is 0. The third-order valence-electron chi connectivity index (χ3n) is 4.76. The van der Waals surface area contributed by atoms with E-state index in [2.05, 4.69) is 35.9 Å². The first-order valence-corrected chi connectivity index (χ1v) is 10.9. The van der Waals surface area contributed by atoms with Gasteiger partial charge in [-0.15, -0.1) is 0 Å². The Labute approximate surface area is 179 Å². The molecule has 4 N–H and O–H groups in total. The standard InChI is InChI=1S/C22H32N2O2S2/c25-21-7-3-1-5-17(21)15-23-13-11-19(27)9-10-20(28)12-14-24-16-18-6-2-4-8-22(18)26/h1-8,19-20,23-28H,9-16H2/t19-,20-/m0/s1. The Morgan fingerprint density at radius 2 is 1.04 bits per heavy atom. The van der Waals surface area contributed by atoms with E-state index in [4.69, 9.17) is 0 Å². The van der Waals surface area contributed by atoms with Crippen LogP contribution in [0.1, 0.15) is 36.8 Å². The van der Waals surface area contributed by atoms with E-state index in [9.17, 15) is 10.2 Å². The van der Waals surface area contributed by atoms with Crippen molar-refractivity contribution in [3.05, 3.63) is 59.7 Å². The summed E-state index contributed by atoms with van der Waals surface area (Å²) in [4.78, 5) is 0. The predicted octanol–water partition coefficient (Wildman–Crippen LogP) is 4.13. The van der Waals surface area contributed by atoms with Gasteiger partial charge in [0.15, 0.2) is 0 Å². The molecule has 2 aromatic carbocycles. The summed E-state index contributed by atoms with van der Waals surface area (Å²) in [6.07, 6.45) is 4.05. The van der Waals surface area contributed by atoms with Crippen molar-refractivity contribution in [1.29, 1.82) is 0 Å². The van der Waals surface area contributed by atoms with Crippen molar-refractivity contribution < 1.29 is 10.2 Å². The van der Waals surface area contributed by atoms with Gasteiger partial charge in [0, 0.05) is 34.7 Å². The molecule has 0 aromatic heterocycles. The fourth-order valence-corrected chi connectivity index (χ4v) is 3.53. The Morgan fingerprint density at radius 3 is 1.43 bits per heavy atom. The van der Waals surface area contributed by atoms with Gasteiger partial charge in [0.2, 0.25) is 0 Å². The number of phenolic OH excluding ortho intramolecular Hbond substituents is 2. The third kappa shape index (κ3) is 8.78. The summed E-state index contributed by atoms with van der Waals surface area (Å²) in [6, 6.07) is 14.8. The molecule has 0 amide bonds. The molecule has 0 aliphatic carbocycles. The summed E-state index contributed by atoms with van der Waals surface area (Å²) in [5.74, 6) is 0.679. The Balaban J connectivity index is 1.50. The van der Waals surface area contributed by atoms with Crippen LogP contribution in [0.25, 0.3) is 0 Å². The van der Waals surface area contributed by atoms with Crippen molar-refractivity contribution in [3.63, 3.8) is 0 Å². The van der Waals surface area contributed by atoms with E-state index >= 15 is 0 Å². The van der Waals surface area contributed by atoms with Crippen molar-refractivity contribution in [2.75, 3.05) is 13.1 Å². The van der Waals surface area contributed by atoms with E-state index in [1.807, 2.05) is 36.4 Å². The molecular weight excluding hydrogens is 388 g/mol. The first-order valence-electron chi connectivity index (χ1n) is 9.87. The SMILES string of the molecule is Oc1ccccc1CNCC[C@@H](S)CC[C@H](S)CCNCc1ccccc1O. The lowest BCUT2D eigenvalue weighted by atomic mass is 10.1. The molecule has 0 unspecified atom stereocenters. The van der Waals surface area contributed by atoms with E-state index in [1.54, 1.807) is 12.1 Å². The third-order valence-corrected chi connectivity index (χ3v) is 5.79. The number of hydrogen-bond acceptors (Lipinski definition) is 6. The Hall–Kier alpha value is -1.34. The van der Waals surface area contributed by atoms with Crippen molar-refractivity contribution in [2.45, 2.75) is 49.3 Å². The van der Waals surface area contributed by atoms with Crippen LogP contribution in [0.2, 0.25) is 0 Å². The zero-order chi connectivity index (χ0) is 20.2.